The van der Waals surface area contributed by atoms with Gasteiger partial charge in [0.1, 0.15) is 24.8 Å². The number of hydrogen-bond acceptors (Lipinski definition) is 8. The minimum absolute atomic E-state index is 0.0644. The Morgan fingerprint density at radius 3 is 2.76 bits per heavy atom. The second-order valence-electron chi connectivity index (χ2n) is 7.22. The summed E-state index contributed by atoms with van der Waals surface area (Å²) in [6.45, 7) is 1.94. The fraction of sp³-hybridized carbons (Fsp3) is 0.389. The summed E-state index contributed by atoms with van der Waals surface area (Å²) in [7, 11) is 0. The van der Waals surface area contributed by atoms with Gasteiger partial charge in [-0.2, -0.15) is 19.7 Å². The highest BCUT2D eigenvalue weighted by Gasteiger charge is 2.25. The van der Waals surface area contributed by atoms with Crippen molar-refractivity contribution < 1.29 is 0 Å². The minimum Gasteiger partial charge on any atom is -0.367 e. The molecule has 5 rings (SSSR count). The van der Waals surface area contributed by atoms with Crippen molar-refractivity contribution in [2.75, 3.05) is 5.32 Å². The van der Waals surface area contributed by atoms with Crippen molar-refractivity contribution in [1.82, 2.24) is 44.1 Å². The van der Waals surface area contributed by atoms with Gasteiger partial charge in [-0.1, -0.05) is 0 Å². The fourth-order valence-corrected chi connectivity index (χ4v) is 3.83. The average Bonchev–Trinajstić information content (AvgIpc) is 3.41. The summed E-state index contributed by atoms with van der Waals surface area (Å²) >= 11 is 0. The predicted octanol–water partition coefficient (Wildman–Crippen LogP) is 1.17. The molecular formula is C18H20N10O. The number of aromatic nitrogens is 9. The lowest BCUT2D eigenvalue weighted by Gasteiger charge is -2.30. The summed E-state index contributed by atoms with van der Waals surface area (Å²) in [5.74, 6) is 2.06. The molecule has 4 heterocycles. The van der Waals surface area contributed by atoms with Gasteiger partial charge in [0, 0.05) is 23.9 Å². The molecular weight excluding hydrogens is 372 g/mol. The number of anilines is 1. The second-order valence-corrected chi connectivity index (χ2v) is 7.22. The van der Waals surface area contributed by atoms with Crippen molar-refractivity contribution in [3.05, 3.63) is 53.2 Å². The molecule has 0 saturated heterocycles. The summed E-state index contributed by atoms with van der Waals surface area (Å²) < 4.78 is 4.85. The normalized spacial score (nSPS) is 19.5. The van der Waals surface area contributed by atoms with E-state index in [-0.39, 0.29) is 17.6 Å². The van der Waals surface area contributed by atoms with Gasteiger partial charge >= 0.3 is 0 Å². The van der Waals surface area contributed by atoms with E-state index in [9.17, 15) is 4.79 Å². The van der Waals surface area contributed by atoms with E-state index in [1.807, 2.05) is 13.0 Å². The number of nitrogens with zero attached hydrogens (tertiary/aromatic N) is 9. The van der Waals surface area contributed by atoms with E-state index in [4.69, 9.17) is 0 Å². The van der Waals surface area contributed by atoms with Crippen LogP contribution >= 0.6 is 0 Å². The van der Waals surface area contributed by atoms with E-state index in [0.717, 1.165) is 37.2 Å². The number of rotatable bonds is 4. The molecule has 11 nitrogen and oxygen atoms in total. The van der Waals surface area contributed by atoms with Crippen LogP contribution in [-0.4, -0.2) is 50.2 Å². The van der Waals surface area contributed by atoms with Crippen molar-refractivity contribution in [3.63, 3.8) is 0 Å². The van der Waals surface area contributed by atoms with E-state index in [2.05, 4.69) is 35.6 Å². The molecule has 0 amide bonds. The van der Waals surface area contributed by atoms with Crippen LogP contribution in [0.5, 0.6) is 0 Å². The van der Waals surface area contributed by atoms with Crippen LogP contribution in [0.1, 0.15) is 37.4 Å². The zero-order valence-electron chi connectivity index (χ0n) is 15.9. The number of hydrogen-bond donors (Lipinski definition) is 1. The van der Waals surface area contributed by atoms with Gasteiger partial charge in [0.05, 0.1) is 6.04 Å². The van der Waals surface area contributed by atoms with E-state index in [1.165, 1.54) is 18.7 Å². The molecule has 11 heteroatoms. The zero-order valence-corrected chi connectivity index (χ0v) is 15.9. The highest BCUT2D eigenvalue weighted by molar-refractivity contribution is 5.45. The Morgan fingerprint density at radius 1 is 1.10 bits per heavy atom. The third kappa shape index (κ3) is 3.35. The Kier molecular flexibility index (Phi) is 4.26. The molecule has 0 unspecified atom stereocenters. The van der Waals surface area contributed by atoms with Gasteiger partial charge in [-0.15, -0.1) is 5.10 Å². The minimum atomic E-state index is -0.0978. The monoisotopic (exact) mass is 392 g/mol. The van der Waals surface area contributed by atoms with Crippen LogP contribution in [0.15, 0.2) is 42.0 Å². The fourth-order valence-electron chi connectivity index (χ4n) is 3.83. The molecule has 1 aliphatic carbocycles. The largest absolute Gasteiger partial charge is 0.367 e. The Balaban J connectivity index is 1.31. The molecule has 4 aromatic rings. The lowest BCUT2D eigenvalue weighted by Crippen LogP contribution is -2.34. The highest BCUT2D eigenvalue weighted by atomic mass is 16.1. The summed E-state index contributed by atoms with van der Waals surface area (Å²) in [6.07, 6.45) is 8.07. The van der Waals surface area contributed by atoms with Gasteiger partial charge in [-0.3, -0.25) is 4.79 Å². The van der Waals surface area contributed by atoms with Gasteiger partial charge in [0.2, 0.25) is 0 Å². The Labute approximate surface area is 165 Å². The van der Waals surface area contributed by atoms with E-state index in [0.29, 0.717) is 11.6 Å². The number of aryl methyl sites for hydroxylation is 1. The second kappa shape index (κ2) is 7.08. The molecule has 1 saturated carbocycles. The van der Waals surface area contributed by atoms with E-state index in [1.54, 1.807) is 26.3 Å². The van der Waals surface area contributed by atoms with Crippen LogP contribution in [-0.2, 0) is 0 Å². The highest BCUT2D eigenvalue weighted by Crippen LogP contribution is 2.29. The molecule has 0 spiro atoms. The standard InChI is InChI=1S/C18H20N10O/c1-12-8-16(28-18(23-12)20-10-22-28)24-13-2-4-14(5-3-13)27-17(29)7-6-15(25-27)26-11-19-9-21-26/h6-11,13-14,24H,2-5H2,1H3. The van der Waals surface area contributed by atoms with Crippen LogP contribution in [0, 0.1) is 6.92 Å². The van der Waals surface area contributed by atoms with Crippen molar-refractivity contribution >= 4 is 11.6 Å². The third-order valence-corrected chi connectivity index (χ3v) is 5.24. The Morgan fingerprint density at radius 2 is 1.97 bits per heavy atom. The van der Waals surface area contributed by atoms with E-state index < -0.39 is 0 Å². The smallest absolute Gasteiger partial charge is 0.267 e. The van der Waals surface area contributed by atoms with Crippen LogP contribution in [0.2, 0.25) is 0 Å². The molecule has 1 fully saturated rings. The van der Waals surface area contributed by atoms with E-state index >= 15 is 0 Å². The maximum atomic E-state index is 12.4. The first-order valence-corrected chi connectivity index (χ1v) is 9.56. The number of nitrogens with one attached hydrogen (secondary N) is 1. The zero-order chi connectivity index (χ0) is 19.8. The van der Waals surface area contributed by atoms with Crippen molar-refractivity contribution in [2.24, 2.45) is 0 Å². The van der Waals surface area contributed by atoms with Gasteiger partial charge in [0.15, 0.2) is 5.82 Å². The lowest BCUT2D eigenvalue weighted by atomic mass is 9.91. The molecule has 1 aliphatic rings. The average molecular weight is 392 g/mol. The molecule has 0 atom stereocenters. The van der Waals surface area contributed by atoms with Crippen molar-refractivity contribution in [1.29, 1.82) is 0 Å². The Hall–Kier alpha value is -3.63. The number of fused-ring (bicyclic) bond motifs is 1. The van der Waals surface area contributed by atoms with Gasteiger partial charge in [-0.05, 0) is 38.7 Å². The van der Waals surface area contributed by atoms with Gasteiger partial charge in [-0.25, -0.2) is 19.3 Å². The predicted molar refractivity (Wildman–Crippen MR) is 104 cm³/mol. The van der Waals surface area contributed by atoms with Crippen molar-refractivity contribution in [3.8, 4) is 5.82 Å². The molecule has 4 aromatic heterocycles. The molecule has 148 valence electrons. The lowest BCUT2D eigenvalue weighted by molar-refractivity contribution is 0.302. The van der Waals surface area contributed by atoms with Gasteiger partial charge in [0.25, 0.3) is 11.3 Å². The first kappa shape index (κ1) is 17.5. The third-order valence-electron chi connectivity index (χ3n) is 5.24. The maximum absolute atomic E-state index is 12.4. The molecule has 0 radical (unpaired) electrons. The first-order valence-electron chi connectivity index (χ1n) is 9.56. The quantitative estimate of drug-likeness (QED) is 0.549. The molecule has 0 aliphatic heterocycles. The first-order chi connectivity index (χ1) is 14.2. The van der Waals surface area contributed by atoms with Crippen LogP contribution in [0.25, 0.3) is 11.6 Å². The summed E-state index contributed by atoms with van der Waals surface area (Å²) in [4.78, 5) is 24.9. The molecule has 1 N–H and O–H groups in total. The molecule has 0 aromatic carbocycles. The summed E-state index contributed by atoms with van der Waals surface area (Å²) in [5.41, 5.74) is 0.793. The topological polar surface area (TPSA) is 121 Å². The SMILES string of the molecule is Cc1cc(NC2CCC(n3nc(-n4cncn4)ccc3=O)CC2)n2ncnc2n1. The maximum Gasteiger partial charge on any atom is 0.267 e. The molecule has 0 bridgehead atoms. The van der Waals surface area contributed by atoms with Crippen molar-refractivity contribution in [2.45, 2.75) is 44.7 Å². The van der Waals surface area contributed by atoms with Crippen LogP contribution in [0.3, 0.4) is 0 Å². The summed E-state index contributed by atoms with van der Waals surface area (Å²) in [5, 5.41) is 16.4. The van der Waals surface area contributed by atoms with Gasteiger partial charge < -0.3 is 5.32 Å². The summed E-state index contributed by atoms with van der Waals surface area (Å²) in [6, 6.07) is 5.52. The van der Waals surface area contributed by atoms with Crippen LogP contribution in [0.4, 0.5) is 5.82 Å². The Bertz CT molecular complexity index is 1190. The molecule has 29 heavy (non-hydrogen) atoms. The van der Waals surface area contributed by atoms with Crippen LogP contribution < -0.4 is 10.9 Å².